The fourth-order valence-electron chi connectivity index (χ4n) is 3.18. The third kappa shape index (κ3) is 7.88. The zero-order valence-electron chi connectivity index (χ0n) is 11.9. The Balaban J connectivity index is 0.000000336. The van der Waals surface area contributed by atoms with Crippen LogP contribution in [0.4, 0.5) is 0 Å². The van der Waals surface area contributed by atoms with Gasteiger partial charge in [-0.15, -0.1) is 0 Å². The summed E-state index contributed by atoms with van der Waals surface area (Å²) in [6, 6.07) is 0. The molecule has 1 saturated carbocycles. The summed E-state index contributed by atoms with van der Waals surface area (Å²) in [5.74, 6) is 1.91. The van der Waals surface area contributed by atoms with Crippen LogP contribution in [0.25, 0.3) is 0 Å². The highest BCUT2D eigenvalue weighted by Crippen LogP contribution is 2.41. The van der Waals surface area contributed by atoms with Crippen LogP contribution < -0.4 is 0 Å². The van der Waals surface area contributed by atoms with Crippen molar-refractivity contribution in [3.8, 4) is 0 Å². The summed E-state index contributed by atoms with van der Waals surface area (Å²) in [6.45, 7) is 14.0. The van der Waals surface area contributed by atoms with Gasteiger partial charge in [-0.3, -0.25) is 0 Å². The molecule has 92 valence electrons. The summed E-state index contributed by atoms with van der Waals surface area (Å²) in [6.07, 6.45) is 8.38. The largest absolute Gasteiger partial charge is 0.0654 e. The molecule has 0 heterocycles. The zero-order valence-corrected chi connectivity index (χ0v) is 11.9. The van der Waals surface area contributed by atoms with Crippen molar-refractivity contribution >= 4 is 0 Å². The first-order valence-electron chi connectivity index (χ1n) is 6.91. The molecule has 15 heavy (non-hydrogen) atoms. The van der Waals surface area contributed by atoms with E-state index in [-0.39, 0.29) is 0 Å². The average Bonchev–Trinajstić information content (AvgIpc) is 2.01. The van der Waals surface area contributed by atoms with Gasteiger partial charge in [0.25, 0.3) is 0 Å². The first-order chi connectivity index (χ1) is 6.91. The highest BCUT2D eigenvalue weighted by atomic mass is 14.3. The van der Waals surface area contributed by atoms with E-state index in [0.29, 0.717) is 5.41 Å². The van der Waals surface area contributed by atoms with Crippen molar-refractivity contribution in [1.82, 2.24) is 0 Å². The van der Waals surface area contributed by atoms with Crippen LogP contribution in [-0.4, -0.2) is 0 Å². The van der Waals surface area contributed by atoms with E-state index >= 15 is 0 Å². The Kier molecular flexibility index (Phi) is 7.30. The maximum absolute atomic E-state index is 2.40. The molecule has 1 aliphatic carbocycles. The maximum atomic E-state index is 2.40. The fourth-order valence-corrected chi connectivity index (χ4v) is 3.18. The summed E-state index contributed by atoms with van der Waals surface area (Å²) in [5.41, 5.74) is 0.622. The lowest BCUT2D eigenvalue weighted by Crippen LogP contribution is -2.25. The van der Waals surface area contributed by atoms with Crippen molar-refractivity contribution in [2.45, 2.75) is 80.1 Å². The molecule has 0 heteroatoms. The highest BCUT2D eigenvalue weighted by Gasteiger charge is 2.29. The van der Waals surface area contributed by atoms with E-state index in [1.807, 2.05) is 0 Å². The van der Waals surface area contributed by atoms with Gasteiger partial charge in [0.1, 0.15) is 0 Å². The molecule has 0 aromatic rings. The Morgan fingerprint density at radius 2 is 1.33 bits per heavy atom. The van der Waals surface area contributed by atoms with Gasteiger partial charge in [-0.1, -0.05) is 60.8 Å². The molecule has 0 spiro atoms. The SMILES string of the molecule is CC1CC(C)CC(C)(C)C1.CCCCC. The minimum absolute atomic E-state index is 0.622. The molecule has 1 rings (SSSR count). The van der Waals surface area contributed by atoms with Gasteiger partial charge in [0.05, 0.1) is 0 Å². The zero-order chi connectivity index (χ0) is 11.9. The summed E-state index contributed by atoms with van der Waals surface area (Å²) >= 11 is 0. The fraction of sp³-hybridized carbons (Fsp3) is 1.00. The van der Waals surface area contributed by atoms with Crippen LogP contribution in [0.15, 0.2) is 0 Å². The maximum Gasteiger partial charge on any atom is -0.0349 e. The molecule has 0 aromatic carbocycles. The molecule has 0 bridgehead atoms. The van der Waals surface area contributed by atoms with E-state index < -0.39 is 0 Å². The summed E-state index contributed by atoms with van der Waals surface area (Å²) < 4.78 is 0. The van der Waals surface area contributed by atoms with Gasteiger partial charge in [0.2, 0.25) is 0 Å². The standard InChI is InChI=1S/C10H20.C5H12/c1-8-5-9(2)7-10(3,4)6-8;1-3-5-4-2/h8-9H,5-7H2,1-4H3;3-5H2,1-2H3. The van der Waals surface area contributed by atoms with Gasteiger partial charge in [0.15, 0.2) is 0 Å². The molecular formula is C15H32. The molecule has 1 fully saturated rings. The highest BCUT2D eigenvalue weighted by molar-refractivity contribution is 4.80. The predicted octanol–water partition coefficient (Wildman–Crippen LogP) is 5.67. The summed E-state index contributed by atoms with van der Waals surface area (Å²) in [5, 5.41) is 0. The van der Waals surface area contributed by atoms with Crippen molar-refractivity contribution in [2.75, 3.05) is 0 Å². The number of unbranched alkanes of at least 4 members (excludes halogenated alkanes) is 2. The Morgan fingerprint density at radius 1 is 0.933 bits per heavy atom. The molecule has 0 nitrogen and oxygen atoms in total. The minimum atomic E-state index is 0.622. The third-order valence-electron chi connectivity index (χ3n) is 3.31. The lowest BCUT2D eigenvalue weighted by Gasteiger charge is -2.37. The third-order valence-corrected chi connectivity index (χ3v) is 3.31. The van der Waals surface area contributed by atoms with E-state index in [0.717, 1.165) is 11.8 Å². The molecule has 0 radical (unpaired) electrons. The summed E-state index contributed by atoms with van der Waals surface area (Å²) in [4.78, 5) is 0. The second-order valence-electron chi connectivity index (χ2n) is 6.37. The van der Waals surface area contributed by atoms with E-state index in [1.54, 1.807) is 0 Å². The molecule has 1 aliphatic rings. The van der Waals surface area contributed by atoms with Crippen molar-refractivity contribution in [3.63, 3.8) is 0 Å². The molecule has 0 aliphatic heterocycles. The topological polar surface area (TPSA) is 0 Å². The van der Waals surface area contributed by atoms with Crippen LogP contribution in [0.1, 0.15) is 80.1 Å². The number of hydrogen-bond acceptors (Lipinski definition) is 0. The smallest absolute Gasteiger partial charge is 0.0349 e. The average molecular weight is 212 g/mol. The van der Waals surface area contributed by atoms with Gasteiger partial charge < -0.3 is 0 Å². The molecule has 0 aromatic heterocycles. The molecule has 2 atom stereocenters. The van der Waals surface area contributed by atoms with Crippen LogP contribution >= 0.6 is 0 Å². The molecular weight excluding hydrogens is 180 g/mol. The number of hydrogen-bond donors (Lipinski definition) is 0. The van der Waals surface area contributed by atoms with Gasteiger partial charge >= 0.3 is 0 Å². The van der Waals surface area contributed by atoms with Gasteiger partial charge in [-0.25, -0.2) is 0 Å². The summed E-state index contributed by atoms with van der Waals surface area (Å²) in [7, 11) is 0. The van der Waals surface area contributed by atoms with Crippen molar-refractivity contribution in [3.05, 3.63) is 0 Å². The van der Waals surface area contributed by atoms with Crippen LogP contribution in [0.5, 0.6) is 0 Å². The second kappa shape index (κ2) is 7.30. The van der Waals surface area contributed by atoms with E-state index in [9.17, 15) is 0 Å². The Hall–Kier alpha value is 0. The second-order valence-corrected chi connectivity index (χ2v) is 6.37. The quantitative estimate of drug-likeness (QED) is 0.553. The predicted molar refractivity (Wildman–Crippen MR) is 71.2 cm³/mol. The molecule has 2 unspecified atom stereocenters. The van der Waals surface area contributed by atoms with Gasteiger partial charge in [0, 0.05) is 0 Å². The molecule has 0 N–H and O–H groups in total. The first kappa shape index (κ1) is 15.0. The Bertz CT molecular complexity index is 132. The minimum Gasteiger partial charge on any atom is -0.0654 e. The van der Waals surface area contributed by atoms with Crippen molar-refractivity contribution in [2.24, 2.45) is 17.3 Å². The molecule has 0 saturated heterocycles. The Labute approximate surface area is 97.8 Å². The van der Waals surface area contributed by atoms with Crippen molar-refractivity contribution in [1.29, 1.82) is 0 Å². The van der Waals surface area contributed by atoms with Gasteiger partial charge in [-0.05, 0) is 36.5 Å². The van der Waals surface area contributed by atoms with Crippen LogP contribution in [0, 0.1) is 17.3 Å². The van der Waals surface area contributed by atoms with E-state index in [4.69, 9.17) is 0 Å². The normalized spacial score (nSPS) is 29.2. The van der Waals surface area contributed by atoms with Crippen LogP contribution in [0.3, 0.4) is 0 Å². The van der Waals surface area contributed by atoms with Crippen LogP contribution in [-0.2, 0) is 0 Å². The van der Waals surface area contributed by atoms with E-state index in [1.165, 1.54) is 38.5 Å². The Morgan fingerprint density at radius 3 is 1.53 bits per heavy atom. The number of rotatable bonds is 2. The van der Waals surface area contributed by atoms with Gasteiger partial charge in [-0.2, -0.15) is 0 Å². The lowest BCUT2D eigenvalue weighted by molar-refractivity contribution is 0.143. The lowest BCUT2D eigenvalue weighted by atomic mass is 9.69. The molecule has 0 amide bonds. The van der Waals surface area contributed by atoms with Crippen molar-refractivity contribution < 1.29 is 0 Å². The first-order valence-corrected chi connectivity index (χ1v) is 6.91. The van der Waals surface area contributed by atoms with Crippen LogP contribution in [0.2, 0.25) is 0 Å². The monoisotopic (exact) mass is 212 g/mol. The van der Waals surface area contributed by atoms with E-state index in [2.05, 4.69) is 41.5 Å².